The van der Waals surface area contributed by atoms with Crippen LogP contribution in [0.15, 0.2) is 60.7 Å². The van der Waals surface area contributed by atoms with Gasteiger partial charge in [0.25, 0.3) is 0 Å². The van der Waals surface area contributed by atoms with Gasteiger partial charge in [0.1, 0.15) is 0 Å². The van der Waals surface area contributed by atoms with E-state index in [-0.39, 0.29) is 24.9 Å². The van der Waals surface area contributed by atoms with Crippen LogP contribution in [0.5, 0.6) is 0 Å². The molecule has 0 fully saturated rings. The molecule has 0 aliphatic rings. The Balaban J connectivity index is 1.61. The van der Waals surface area contributed by atoms with Crippen LogP contribution in [0.25, 0.3) is 10.8 Å². The number of carbonyl (C=O) groups is 2. The highest BCUT2D eigenvalue weighted by atomic mass is 35.5. The summed E-state index contributed by atoms with van der Waals surface area (Å²) in [6, 6.07) is 19.0. The molecule has 0 aliphatic carbocycles. The number of hydrogen-bond acceptors (Lipinski definition) is 3. The molecule has 6 heteroatoms. The zero-order valence-electron chi connectivity index (χ0n) is 16.5. The first-order valence-corrected chi connectivity index (χ1v) is 9.90. The lowest BCUT2D eigenvalue weighted by Gasteiger charge is -2.20. The van der Waals surface area contributed by atoms with Gasteiger partial charge in [0, 0.05) is 21.8 Å². The second-order valence-electron chi connectivity index (χ2n) is 6.89. The van der Waals surface area contributed by atoms with Crippen molar-refractivity contribution in [2.24, 2.45) is 0 Å². The minimum Gasteiger partial charge on any atom is -0.325 e. The Kier molecular flexibility index (Phi) is 6.86. The predicted octanol–water partition coefficient (Wildman–Crippen LogP) is 4.70. The van der Waals surface area contributed by atoms with E-state index in [1.165, 1.54) is 0 Å². The standard InChI is InChI=1S/C23H24ClN3O2/c1-3-27(15-23(29)26-21-13-18(24)12-11-16(21)2)14-22(28)25-20-10-6-8-17-7-4-5-9-19(17)20/h4-13H,3,14-15H2,1-2H3,(H,25,28)(H,26,29). The fourth-order valence-corrected chi connectivity index (χ4v) is 3.30. The van der Waals surface area contributed by atoms with E-state index in [0.29, 0.717) is 17.3 Å². The maximum absolute atomic E-state index is 12.6. The summed E-state index contributed by atoms with van der Waals surface area (Å²) in [6.45, 7) is 4.64. The summed E-state index contributed by atoms with van der Waals surface area (Å²) in [4.78, 5) is 26.8. The van der Waals surface area contributed by atoms with Crippen LogP contribution in [-0.2, 0) is 9.59 Å². The van der Waals surface area contributed by atoms with E-state index in [2.05, 4.69) is 10.6 Å². The number of nitrogens with zero attached hydrogens (tertiary/aromatic N) is 1. The Labute approximate surface area is 175 Å². The molecule has 5 nitrogen and oxygen atoms in total. The van der Waals surface area contributed by atoms with Crippen molar-refractivity contribution in [2.75, 3.05) is 30.3 Å². The van der Waals surface area contributed by atoms with E-state index in [4.69, 9.17) is 11.6 Å². The molecule has 2 N–H and O–H groups in total. The van der Waals surface area contributed by atoms with Gasteiger partial charge in [-0.3, -0.25) is 14.5 Å². The SMILES string of the molecule is CCN(CC(=O)Nc1cc(Cl)ccc1C)CC(=O)Nc1cccc2ccccc12. The van der Waals surface area contributed by atoms with Crippen molar-refractivity contribution < 1.29 is 9.59 Å². The van der Waals surface area contributed by atoms with Gasteiger partial charge in [0.05, 0.1) is 13.1 Å². The zero-order chi connectivity index (χ0) is 20.8. The number of rotatable bonds is 7. The van der Waals surface area contributed by atoms with Gasteiger partial charge in [-0.05, 0) is 42.6 Å². The lowest BCUT2D eigenvalue weighted by atomic mass is 10.1. The highest BCUT2D eigenvalue weighted by molar-refractivity contribution is 6.31. The molecule has 150 valence electrons. The number of likely N-dealkylation sites (N-methyl/N-ethyl adjacent to an activating group) is 1. The summed E-state index contributed by atoms with van der Waals surface area (Å²) < 4.78 is 0. The number of nitrogens with one attached hydrogen (secondary N) is 2. The molecule has 0 heterocycles. The highest BCUT2D eigenvalue weighted by Gasteiger charge is 2.15. The number of benzene rings is 3. The Bertz CT molecular complexity index is 1030. The van der Waals surface area contributed by atoms with Crippen molar-refractivity contribution in [3.8, 4) is 0 Å². The van der Waals surface area contributed by atoms with Gasteiger partial charge >= 0.3 is 0 Å². The Morgan fingerprint density at radius 3 is 2.28 bits per heavy atom. The number of aryl methyl sites for hydroxylation is 1. The van der Waals surface area contributed by atoms with Crippen molar-refractivity contribution in [1.82, 2.24) is 4.90 Å². The third-order valence-electron chi connectivity index (χ3n) is 4.72. The van der Waals surface area contributed by atoms with Crippen molar-refractivity contribution >= 4 is 45.6 Å². The van der Waals surface area contributed by atoms with Crippen molar-refractivity contribution in [1.29, 1.82) is 0 Å². The summed E-state index contributed by atoms with van der Waals surface area (Å²) in [5.74, 6) is -0.342. The van der Waals surface area contributed by atoms with Gasteiger partial charge in [-0.1, -0.05) is 61.0 Å². The molecule has 0 aromatic heterocycles. The van der Waals surface area contributed by atoms with Crippen molar-refractivity contribution in [3.63, 3.8) is 0 Å². The third-order valence-corrected chi connectivity index (χ3v) is 4.95. The maximum atomic E-state index is 12.6. The molecule has 3 rings (SSSR count). The van der Waals surface area contributed by atoms with E-state index < -0.39 is 0 Å². The van der Waals surface area contributed by atoms with Crippen LogP contribution in [0.1, 0.15) is 12.5 Å². The number of anilines is 2. The van der Waals surface area contributed by atoms with Gasteiger partial charge in [-0.15, -0.1) is 0 Å². The van der Waals surface area contributed by atoms with Crippen LogP contribution in [0.2, 0.25) is 5.02 Å². The van der Waals surface area contributed by atoms with E-state index in [0.717, 1.165) is 22.0 Å². The highest BCUT2D eigenvalue weighted by Crippen LogP contribution is 2.23. The van der Waals surface area contributed by atoms with E-state index in [9.17, 15) is 9.59 Å². The zero-order valence-corrected chi connectivity index (χ0v) is 17.3. The molecule has 3 aromatic rings. The summed E-state index contributed by atoms with van der Waals surface area (Å²) in [5, 5.41) is 8.44. The molecule has 0 unspecified atom stereocenters. The van der Waals surface area contributed by atoms with Gasteiger partial charge in [0.2, 0.25) is 11.8 Å². The molecular weight excluding hydrogens is 386 g/mol. The first kappa shape index (κ1) is 20.8. The van der Waals surface area contributed by atoms with Crippen LogP contribution in [0, 0.1) is 6.92 Å². The minimum absolute atomic E-state index is 0.116. The average Bonchev–Trinajstić information content (AvgIpc) is 2.70. The fraction of sp³-hybridized carbons (Fsp3) is 0.217. The summed E-state index contributed by atoms with van der Waals surface area (Å²) >= 11 is 6.01. The van der Waals surface area contributed by atoms with Crippen LogP contribution >= 0.6 is 11.6 Å². The molecule has 0 radical (unpaired) electrons. The van der Waals surface area contributed by atoms with Crippen LogP contribution in [-0.4, -0.2) is 36.3 Å². The number of fused-ring (bicyclic) bond motifs is 1. The van der Waals surface area contributed by atoms with Gasteiger partial charge in [0.15, 0.2) is 0 Å². The van der Waals surface area contributed by atoms with E-state index in [1.807, 2.05) is 62.4 Å². The molecule has 0 saturated carbocycles. The number of halogens is 1. The van der Waals surface area contributed by atoms with Crippen LogP contribution in [0.3, 0.4) is 0 Å². The summed E-state index contributed by atoms with van der Waals surface area (Å²) in [6.07, 6.45) is 0. The largest absolute Gasteiger partial charge is 0.325 e. The first-order valence-electron chi connectivity index (χ1n) is 9.52. The Morgan fingerprint density at radius 1 is 0.897 bits per heavy atom. The third kappa shape index (κ3) is 5.56. The van der Waals surface area contributed by atoms with Crippen LogP contribution in [0.4, 0.5) is 11.4 Å². The minimum atomic E-state index is -0.185. The molecule has 0 saturated heterocycles. The molecule has 0 bridgehead atoms. The topological polar surface area (TPSA) is 61.4 Å². The molecular formula is C23H24ClN3O2. The molecule has 0 aliphatic heterocycles. The molecule has 0 spiro atoms. The number of amides is 2. The summed E-state index contributed by atoms with van der Waals surface area (Å²) in [7, 11) is 0. The van der Waals surface area contributed by atoms with Gasteiger partial charge in [-0.25, -0.2) is 0 Å². The molecule has 0 atom stereocenters. The normalized spacial score (nSPS) is 10.9. The maximum Gasteiger partial charge on any atom is 0.238 e. The Morgan fingerprint density at radius 2 is 1.55 bits per heavy atom. The van der Waals surface area contributed by atoms with Crippen LogP contribution < -0.4 is 10.6 Å². The predicted molar refractivity (Wildman–Crippen MR) is 120 cm³/mol. The fourth-order valence-electron chi connectivity index (χ4n) is 3.13. The second kappa shape index (κ2) is 9.54. The van der Waals surface area contributed by atoms with Crippen molar-refractivity contribution in [3.05, 3.63) is 71.2 Å². The molecule has 29 heavy (non-hydrogen) atoms. The van der Waals surface area contributed by atoms with E-state index >= 15 is 0 Å². The lowest BCUT2D eigenvalue weighted by Crippen LogP contribution is -2.38. The molecule has 3 aromatic carbocycles. The Hall–Kier alpha value is -2.89. The molecule has 2 amide bonds. The second-order valence-corrected chi connectivity index (χ2v) is 7.32. The average molecular weight is 410 g/mol. The smallest absolute Gasteiger partial charge is 0.238 e. The lowest BCUT2D eigenvalue weighted by molar-refractivity contribution is -0.119. The monoisotopic (exact) mass is 409 g/mol. The van der Waals surface area contributed by atoms with E-state index in [1.54, 1.807) is 17.0 Å². The quantitative estimate of drug-likeness (QED) is 0.594. The first-order chi connectivity index (χ1) is 14.0. The number of carbonyl (C=O) groups excluding carboxylic acids is 2. The summed E-state index contributed by atoms with van der Waals surface area (Å²) in [5.41, 5.74) is 2.38. The van der Waals surface area contributed by atoms with Gasteiger partial charge in [-0.2, -0.15) is 0 Å². The number of hydrogen-bond donors (Lipinski definition) is 2. The van der Waals surface area contributed by atoms with Crippen molar-refractivity contribution in [2.45, 2.75) is 13.8 Å². The van der Waals surface area contributed by atoms with Gasteiger partial charge < -0.3 is 10.6 Å².